The number of hydrogen-bond donors (Lipinski definition) is 1. The van der Waals surface area contributed by atoms with Crippen LogP contribution in [0, 0.1) is 6.92 Å². The zero-order valence-corrected chi connectivity index (χ0v) is 19.8. The number of unbranched alkanes of at least 4 members (excludes halogenated alkanes) is 2. The Bertz CT molecular complexity index is 988. The smallest absolute Gasteiger partial charge is 0.295 e. The molecule has 1 aliphatic heterocycles. The molecule has 1 atom stereocenters. The lowest BCUT2D eigenvalue weighted by molar-refractivity contribution is -0.140. The minimum Gasteiger partial charge on any atom is -0.507 e. The van der Waals surface area contributed by atoms with Crippen molar-refractivity contribution in [2.45, 2.75) is 59.1 Å². The summed E-state index contributed by atoms with van der Waals surface area (Å²) in [6, 6.07) is 9.54. The van der Waals surface area contributed by atoms with Gasteiger partial charge < -0.3 is 23.9 Å². The van der Waals surface area contributed by atoms with Gasteiger partial charge in [-0.1, -0.05) is 19.8 Å². The maximum Gasteiger partial charge on any atom is 0.295 e. The van der Waals surface area contributed by atoms with E-state index in [1.807, 2.05) is 13.8 Å². The number of carbonyl (C=O) groups excluding carboxylic acids is 2. The Morgan fingerprint density at radius 2 is 1.82 bits per heavy atom. The van der Waals surface area contributed by atoms with Gasteiger partial charge in [0.2, 0.25) is 0 Å². The summed E-state index contributed by atoms with van der Waals surface area (Å²) in [5.41, 5.74) is 0.441. The van der Waals surface area contributed by atoms with Crippen LogP contribution in [0.2, 0.25) is 0 Å². The number of aryl methyl sites for hydroxylation is 1. The fourth-order valence-corrected chi connectivity index (χ4v) is 3.80. The predicted octanol–water partition coefficient (Wildman–Crippen LogP) is 5.00. The second-order valence-electron chi connectivity index (χ2n) is 8.44. The Morgan fingerprint density at radius 3 is 2.42 bits per heavy atom. The first-order chi connectivity index (χ1) is 15.8. The van der Waals surface area contributed by atoms with Crippen LogP contribution in [-0.4, -0.2) is 47.6 Å². The van der Waals surface area contributed by atoms with Crippen LogP contribution in [0.3, 0.4) is 0 Å². The van der Waals surface area contributed by atoms with E-state index < -0.39 is 17.7 Å². The quantitative estimate of drug-likeness (QED) is 0.222. The topological polar surface area (TPSA) is 89.2 Å². The number of aliphatic hydroxyl groups excluding tert-OH is 1. The van der Waals surface area contributed by atoms with Crippen molar-refractivity contribution in [3.05, 3.63) is 59.1 Å². The summed E-state index contributed by atoms with van der Waals surface area (Å²) in [6.45, 7) is 8.82. The summed E-state index contributed by atoms with van der Waals surface area (Å²) in [4.78, 5) is 27.2. The van der Waals surface area contributed by atoms with E-state index in [0.717, 1.165) is 19.3 Å². The second-order valence-corrected chi connectivity index (χ2v) is 8.44. The Morgan fingerprint density at radius 1 is 1.09 bits per heavy atom. The lowest BCUT2D eigenvalue weighted by Gasteiger charge is -2.23. The van der Waals surface area contributed by atoms with E-state index in [9.17, 15) is 14.7 Å². The van der Waals surface area contributed by atoms with Crippen molar-refractivity contribution >= 4 is 17.4 Å². The molecule has 1 fully saturated rings. The third-order valence-corrected chi connectivity index (χ3v) is 5.50. The normalized spacial score (nSPS) is 17.8. The van der Waals surface area contributed by atoms with Crippen LogP contribution in [0.15, 0.2) is 46.4 Å². The maximum absolute atomic E-state index is 13.0. The number of furan rings is 1. The third kappa shape index (κ3) is 5.85. The minimum absolute atomic E-state index is 0.00571. The molecule has 178 valence electrons. The number of likely N-dealkylation sites (tertiary alicyclic amines) is 1. The standard InChI is InChI=1S/C26H33NO6/c1-5-6-7-15-32-20-11-9-19(10-12-20)24(28)22-23(21-13-8-18(4)33-21)27(26(30)25(22)29)14-16-31-17(2)3/h8-13,17,23,28H,5-7,14-16H2,1-4H3/b24-22-. The summed E-state index contributed by atoms with van der Waals surface area (Å²) in [6.07, 6.45) is 3.19. The van der Waals surface area contributed by atoms with E-state index in [4.69, 9.17) is 13.9 Å². The summed E-state index contributed by atoms with van der Waals surface area (Å²) in [7, 11) is 0. The number of amides is 1. The molecule has 1 N–H and O–H groups in total. The van der Waals surface area contributed by atoms with E-state index in [1.165, 1.54) is 4.90 Å². The van der Waals surface area contributed by atoms with E-state index in [0.29, 0.717) is 29.4 Å². The fourth-order valence-electron chi connectivity index (χ4n) is 3.80. The average molecular weight is 456 g/mol. The molecule has 7 nitrogen and oxygen atoms in total. The molecule has 1 amide bonds. The largest absolute Gasteiger partial charge is 0.507 e. The number of Topliss-reactive ketones (excluding diaryl/α,β-unsaturated/α-hetero) is 1. The second kappa shape index (κ2) is 11.2. The monoisotopic (exact) mass is 455 g/mol. The molecule has 1 aliphatic rings. The number of carbonyl (C=O) groups is 2. The number of rotatable bonds is 11. The molecule has 1 unspecified atom stereocenters. The molecule has 0 bridgehead atoms. The van der Waals surface area contributed by atoms with Crippen LogP contribution in [-0.2, 0) is 14.3 Å². The molecule has 3 rings (SSSR count). The van der Waals surface area contributed by atoms with Gasteiger partial charge in [0.25, 0.3) is 11.7 Å². The van der Waals surface area contributed by atoms with Crippen molar-refractivity contribution < 1.29 is 28.6 Å². The zero-order valence-electron chi connectivity index (χ0n) is 19.8. The van der Waals surface area contributed by atoms with Crippen molar-refractivity contribution in [2.24, 2.45) is 0 Å². The maximum atomic E-state index is 13.0. The molecule has 0 radical (unpaired) electrons. The van der Waals surface area contributed by atoms with Crippen molar-refractivity contribution in [3.8, 4) is 5.75 Å². The highest BCUT2D eigenvalue weighted by Crippen LogP contribution is 2.40. The summed E-state index contributed by atoms with van der Waals surface area (Å²) >= 11 is 0. The van der Waals surface area contributed by atoms with Crippen molar-refractivity contribution in [3.63, 3.8) is 0 Å². The minimum atomic E-state index is -0.820. The molecule has 0 saturated carbocycles. The van der Waals surface area contributed by atoms with Crippen LogP contribution >= 0.6 is 0 Å². The van der Waals surface area contributed by atoms with Crippen molar-refractivity contribution in [1.29, 1.82) is 0 Å². The van der Waals surface area contributed by atoms with Crippen molar-refractivity contribution in [2.75, 3.05) is 19.8 Å². The molecule has 2 aromatic rings. The fraction of sp³-hybridized carbons (Fsp3) is 0.462. The molecule has 1 saturated heterocycles. The van der Waals surface area contributed by atoms with E-state index in [-0.39, 0.29) is 30.6 Å². The number of benzene rings is 1. The Balaban J connectivity index is 1.90. The first-order valence-electron chi connectivity index (χ1n) is 11.5. The molecule has 2 heterocycles. The summed E-state index contributed by atoms with van der Waals surface area (Å²) in [5.74, 6) is 0.103. The van der Waals surface area contributed by atoms with Gasteiger partial charge in [0.1, 0.15) is 29.1 Å². The molecule has 0 spiro atoms. The van der Waals surface area contributed by atoms with Gasteiger partial charge in [0, 0.05) is 12.1 Å². The molecule has 1 aromatic heterocycles. The van der Waals surface area contributed by atoms with Crippen LogP contribution in [0.4, 0.5) is 0 Å². The van der Waals surface area contributed by atoms with Gasteiger partial charge in [-0.25, -0.2) is 0 Å². The Labute approximate surface area is 195 Å². The highest BCUT2D eigenvalue weighted by molar-refractivity contribution is 6.46. The number of ether oxygens (including phenoxy) is 2. The van der Waals surface area contributed by atoms with Crippen LogP contribution in [0.5, 0.6) is 5.75 Å². The van der Waals surface area contributed by atoms with E-state index in [2.05, 4.69) is 6.92 Å². The number of hydrogen-bond acceptors (Lipinski definition) is 6. The van der Waals surface area contributed by atoms with Crippen LogP contribution in [0.25, 0.3) is 5.76 Å². The lowest BCUT2D eigenvalue weighted by Crippen LogP contribution is -2.33. The van der Waals surface area contributed by atoms with E-state index >= 15 is 0 Å². The predicted molar refractivity (Wildman–Crippen MR) is 125 cm³/mol. The molecular weight excluding hydrogens is 422 g/mol. The molecular formula is C26H33NO6. The zero-order chi connectivity index (χ0) is 24.0. The van der Waals surface area contributed by atoms with Gasteiger partial charge in [-0.3, -0.25) is 9.59 Å². The third-order valence-electron chi connectivity index (χ3n) is 5.50. The van der Waals surface area contributed by atoms with Gasteiger partial charge in [-0.05, 0) is 63.6 Å². The number of nitrogens with zero attached hydrogens (tertiary/aromatic N) is 1. The Hall–Kier alpha value is -3.06. The number of ketones is 1. The van der Waals surface area contributed by atoms with Crippen LogP contribution < -0.4 is 4.74 Å². The highest BCUT2D eigenvalue weighted by Gasteiger charge is 2.47. The van der Waals surface area contributed by atoms with Gasteiger partial charge >= 0.3 is 0 Å². The average Bonchev–Trinajstić information content (AvgIpc) is 3.32. The lowest BCUT2D eigenvalue weighted by atomic mass is 9.99. The first-order valence-corrected chi connectivity index (χ1v) is 11.5. The van der Waals surface area contributed by atoms with Gasteiger partial charge in [-0.15, -0.1) is 0 Å². The molecule has 1 aromatic carbocycles. The molecule has 33 heavy (non-hydrogen) atoms. The van der Waals surface area contributed by atoms with Crippen molar-refractivity contribution in [1.82, 2.24) is 4.90 Å². The molecule has 7 heteroatoms. The Kier molecular flexibility index (Phi) is 8.33. The first kappa shape index (κ1) is 24.6. The van der Waals surface area contributed by atoms with Gasteiger partial charge in [-0.2, -0.15) is 0 Å². The van der Waals surface area contributed by atoms with Gasteiger partial charge in [0.15, 0.2) is 0 Å². The van der Waals surface area contributed by atoms with Crippen LogP contribution in [0.1, 0.15) is 63.2 Å². The highest BCUT2D eigenvalue weighted by atomic mass is 16.5. The van der Waals surface area contributed by atoms with E-state index in [1.54, 1.807) is 43.3 Å². The number of aliphatic hydroxyl groups is 1. The summed E-state index contributed by atoms with van der Waals surface area (Å²) < 4.78 is 17.1. The van der Waals surface area contributed by atoms with Gasteiger partial charge in [0.05, 0.1) is 24.9 Å². The molecule has 0 aliphatic carbocycles. The summed E-state index contributed by atoms with van der Waals surface area (Å²) in [5, 5.41) is 11.1. The SMILES string of the molecule is CCCCCOc1ccc(/C(O)=C2/C(=O)C(=O)N(CCOC(C)C)C2c2ccc(C)o2)cc1.